The first-order valence-electron chi connectivity index (χ1n) is 12.1. The Kier molecular flexibility index (Phi) is 7.28. The van der Waals surface area contributed by atoms with Gasteiger partial charge < -0.3 is 29.6 Å². The Hall–Kier alpha value is -4.33. The first-order valence-corrected chi connectivity index (χ1v) is 12.1. The Bertz CT molecular complexity index is 1360. The third-order valence-electron chi connectivity index (χ3n) is 6.31. The molecular formula is C25H24F3N5O6. The summed E-state index contributed by atoms with van der Waals surface area (Å²) in [5.41, 5.74) is 2.86. The third kappa shape index (κ3) is 6.76. The fourth-order valence-electron chi connectivity index (χ4n) is 4.52. The average molecular weight is 547 g/mol. The summed E-state index contributed by atoms with van der Waals surface area (Å²) in [5.74, 6) is -0.174. The summed E-state index contributed by atoms with van der Waals surface area (Å²) in [6, 6.07) is 11.0. The Labute approximate surface area is 220 Å². The van der Waals surface area contributed by atoms with Crippen LogP contribution in [0.15, 0.2) is 48.7 Å². The van der Waals surface area contributed by atoms with Crippen molar-refractivity contribution >= 4 is 11.7 Å². The summed E-state index contributed by atoms with van der Waals surface area (Å²) in [6.45, 7) is 2.08. The molecule has 0 radical (unpaired) electrons. The van der Waals surface area contributed by atoms with Gasteiger partial charge in [-0.3, -0.25) is 14.3 Å². The van der Waals surface area contributed by atoms with E-state index in [-0.39, 0.29) is 49.3 Å². The van der Waals surface area contributed by atoms with Crippen molar-refractivity contribution < 1.29 is 37.1 Å². The van der Waals surface area contributed by atoms with Crippen LogP contribution in [0.1, 0.15) is 16.7 Å². The maximum Gasteiger partial charge on any atom is 0.573 e. The lowest BCUT2D eigenvalue weighted by Crippen LogP contribution is -2.48. The Morgan fingerprint density at radius 2 is 1.95 bits per heavy atom. The van der Waals surface area contributed by atoms with E-state index in [2.05, 4.69) is 15.0 Å². The SMILES string of the molecule is O=C(CN1CCc2ccc(OCc3ccc(OC(F)(F)F)cc3)cc2C1)N[C@@H]1COc2nc([N+](=O)[O-])cn2C1. The van der Waals surface area contributed by atoms with Gasteiger partial charge in [0.15, 0.2) is 0 Å². The normalized spacial score (nSPS) is 16.9. The lowest BCUT2D eigenvalue weighted by Gasteiger charge is -2.29. The number of nitrogens with one attached hydrogen (secondary N) is 1. The van der Waals surface area contributed by atoms with Gasteiger partial charge in [0, 0.05) is 18.1 Å². The van der Waals surface area contributed by atoms with Crippen molar-refractivity contribution in [1.82, 2.24) is 19.8 Å². The molecule has 206 valence electrons. The monoisotopic (exact) mass is 547 g/mol. The highest BCUT2D eigenvalue weighted by atomic mass is 19.4. The summed E-state index contributed by atoms with van der Waals surface area (Å²) < 4.78 is 53.7. The van der Waals surface area contributed by atoms with Gasteiger partial charge in [0.05, 0.1) is 19.1 Å². The van der Waals surface area contributed by atoms with Gasteiger partial charge in [-0.25, -0.2) is 0 Å². The van der Waals surface area contributed by atoms with Crippen molar-refractivity contribution in [2.45, 2.75) is 38.5 Å². The molecule has 2 aliphatic heterocycles. The smallest absolute Gasteiger partial charge is 0.489 e. The molecule has 5 rings (SSSR count). The number of imidazole rings is 1. The number of amides is 1. The van der Waals surface area contributed by atoms with Crippen LogP contribution < -0.4 is 19.5 Å². The van der Waals surface area contributed by atoms with Crippen LogP contribution in [0.4, 0.5) is 19.0 Å². The fraction of sp³-hybridized carbons (Fsp3) is 0.360. The zero-order valence-electron chi connectivity index (χ0n) is 20.5. The molecule has 3 heterocycles. The molecule has 2 aromatic carbocycles. The third-order valence-corrected chi connectivity index (χ3v) is 6.31. The minimum atomic E-state index is -4.74. The zero-order chi connectivity index (χ0) is 27.6. The van der Waals surface area contributed by atoms with Crippen LogP contribution in [0.25, 0.3) is 0 Å². The second kappa shape index (κ2) is 10.8. The predicted octanol–water partition coefficient (Wildman–Crippen LogP) is 3.20. The molecule has 0 saturated carbocycles. The van der Waals surface area contributed by atoms with Crippen LogP contribution in [-0.2, 0) is 30.9 Å². The van der Waals surface area contributed by atoms with E-state index in [1.54, 1.807) is 0 Å². The topological polar surface area (TPSA) is 121 Å². The minimum absolute atomic E-state index is 0.158. The van der Waals surface area contributed by atoms with Gasteiger partial charge in [0.1, 0.15) is 30.9 Å². The van der Waals surface area contributed by atoms with Crippen LogP contribution in [0.3, 0.4) is 0 Å². The number of hydrogen-bond acceptors (Lipinski definition) is 8. The van der Waals surface area contributed by atoms with Gasteiger partial charge in [0.2, 0.25) is 5.91 Å². The molecule has 1 amide bonds. The summed E-state index contributed by atoms with van der Waals surface area (Å²) in [6.07, 6.45) is -2.69. The number of halogens is 3. The number of ether oxygens (including phenoxy) is 3. The van der Waals surface area contributed by atoms with E-state index < -0.39 is 11.3 Å². The summed E-state index contributed by atoms with van der Waals surface area (Å²) in [7, 11) is 0. The molecule has 0 unspecified atom stereocenters. The molecule has 0 aliphatic carbocycles. The fourth-order valence-corrected chi connectivity index (χ4v) is 4.52. The molecule has 3 aromatic rings. The molecule has 14 heteroatoms. The van der Waals surface area contributed by atoms with Gasteiger partial charge >= 0.3 is 18.2 Å². The molecule has 11 nitrogen and oxygen atoms in total. The van der Waals surface area contributed by atoms with Gasteiger partial charge in [-0.1, -0.05) is 18.2 Å². The molecule has 0 saturated heterocycles. The molecular weight excluding hydrogens is 523 g/mol. The number of benzene rings is 2. The van der Waals surface area contributed by atoms with Crippen molar-refractivity contribution in [1.29, 1.82) is 0 Å². The Morgan fingerprint density at radius 1 is 1.18 bits per heavy atom. The van der Waals surface area contributed by atoms with Gasteiger partial charge in [-0.2, -0.15) is 0 Å². The van der Waals surface area contributed by atoms with E-state index in [1.807, 2.05) is 23.1 Å². The molecule has 0 bridgehead atoms. The maximum atomic E-state index is 12.7. The van der Waals surface area contributed by atoms with E-state index in [0.29, 0.717) is 30.9 Å². The largest absolute Gasteiger partial charge is 0.573 e. The van der Waals surface area contributed by atoms with Crippen molar-refractivity contribution in [2.24, 2.45) is 0 Å². The number of nitro groups is 1. The first-order chi connectivity index (χ1) is 18.6. The highest BCUT2D eigenvalue weighted by Gasteiger charge is 2.31. The number of aromatic nitrogens is 2. The standard InChI is InChI=1S/C25H24F3N5O6/c26-25(27,28)39-20-4-1-16(2-5-20)14-37-21-6-3-17-7-8-31(10-18(17)9-21)13-23(34)29-19-11-32-12-22(33(35)36)30-24(32)38-15-19/h1-6,9,12,19H,7-8,10-11,13-15H2,(H,29,34)/t19-/m0/s1. The number of nitrogens with zero attached hydrogens (tertiary/aromatic N) is 4. The summed E-state index contributed by atoms with van der Waals surface area (Å²) in [5, 5.41) is 13.8. The summed E-state index contributed by atoms with van der Waals surface area (Å²) in [4.78, 5) is 28.8. The quantitative estimate of drug-likeness (QED) is 0.337. The number of hydrogen-bond donors (Lipinski definition) is 1. The van der Waals surface area contributed by atoms with Crippen LogP contribution in [0.5, 0.6) is 17.5 Å². The molecule has 1 aromatic heterocycles. The maximum absolute atomic E-state index is 12.7. The number of alkyl halides is 3. The van der Waals surface area contributed by atoms with E-state index in [0.717, 1.165) is 17.5 Å². The Morgan fingerprint density at radius 3 is 2.69 bits per heavy atom. The molecule has 0 spiro atoms. The van der Waals surface area contributed by atoms with Crippen LogP contribution in [0, 0.1) is 10.1 Å². The van der Waals surface area contributed by atoms with Gasteiger partial charge in [-0.15, -0.1) is 13.2 Å². The highest BCUT2D eigenvalue weighted by Crippen LogP contribution is 2.26. The van der Waals surface area contributed by atoms with Gasteiger partial charge in [0.25, 0.3) is 0 Å². The lowest BCUT2D eigenvalue weighted by molar-refractivity contribution is -0.389. The number of fused-ring (bicyclic) bond motifs is 2. The van der Waals surface area contributed by atoms with Crippen LogP contribution in [0.2, 0.25) is 0 Å². The predicted molar refractivity (Wildman–Crippen MR) is 129 cm³/mol. The van der Waals surface area contributed by atoms with E-state index in [9.17, 15) is 28.1 Å². The van der Waals surface area contributed by atoms with Crippen LogP contribution in [-0.4, -0.2) is 57.4 Å². The number of carbonyl (C=O) groups excluding carboxylic acids is 1. The lowest BCUT2D eigenvalue weighted by atomic mass is 9.99. The van der Waals surface area contributed by atoms with Crippen molar-refractivity contribution in [3.63, 3.8) is 0 Å². The second-order valence-corrected chi connectivity index (χ2v) is 9.24. The molecule has 39 heavy (non-hydrogen) atoms. The number of carbonyl (C=O) groups is 1. The van der Waals surface area contributed by atoms with Gasteiger partial charge in [-0.05, 0) is 52.3 Å². The van der Waals surface area contributed by atoms with Crippen molar-refractivity contribution in [3.8, 4) is 17.5 Å². The van der Waals surface area contributed by atoms with Crippen LogP contribution >= 0.6 is 0 Å². The minimum Gasteiger partial charge on any atom is -0.489 e. The first kappa shape index (κ1) is 26.3. The van der Waals surface area contributed by atoms with Crippen molar-refractivity contribution in [3.05, 3.63) is 75.5 Å². The zero-order valence-corrected chi connectivity index (χ0v) is 20.5. The highest BCUT2D eigenvalue weighted by molar-refractivity contribution is 5.78. The van der Waals surface area contributed by atoms with E-state index >= 15 is 0 Å². The molecule has 0 fully saturated rings. The van der Waals surface area contributed by atoms with E-state index in [1.165, 1.54) is 35.0 Å². The molecule has 1 atom stereocenters. The summed E-state index contributed by atoms with van der Waals surface area (Å²) >= 11 is 0. The number of rotatable bonds is 8. The average Bonchev–Trinajstić information content (AvgIpc) is 3.31. The van der Waals surface area contributed by atoms with E-state index in [4.69, 9.17) is 9.47 Å². The van der Waals surface area contributed by atoms with Crippen molar-refractivity contribution in [2.75, 3.05) is 19.7 Å². The second-order valence-electron chi connectivity index (χ2n) is 9.24. The molecule has 2 aliphatic rings. The Balaban J connectivity index is 1.12. The molecule has 1 N–H and O–H groups in total.